The van der Waals surface area contributed by atoms with Crippen LogP contribution < -0.4 is 10.2 Å². The molecule has 1 aromatic carbocycles. The number of nitrogens with one attached hydrogen (secondary N) is 1. The van der Waals surface area contributed by atoms with Crippen molar-refractivity contribution >= 4 is 17.8 Å². The van der Waals surface area contributed by atoms with E-state index in [1.165, 1.54) is 25.7 Å². The number of likely N-dealkylation sites (tertiary alicyclic amines) is 1. The van der Waals surface area contributed by atoms with Crippen molar-refractivity contribution in [3.8, 4) is 0 Å². The second-order valence-electron chi connectivity index (χ2n) is 8.98. The summed E-state index contributed by atoms with van der Waals surface area (Å²) in [5.74, 6) is 1.20. The number of hydrogen-bond acceptors (Lipinski definition) is 5. The van der Waals surface area contributed by atoms with Crippen molar-refractivity contribution in [3.63, 3.8) is 0 Å². The molecule has 0 spiro atoms. The van der Waals surface area contributed by atoms with Crippen LogP contribution in [0.25, 0.3) is 0 Å². The molecule has 7 nitrogen and oxygen atoms in total. The molecule has 3 heterocycles. The van der Waals surface area contributed by atoms with Gasteiger partial charge in [-0.25, -0.2) is 9.78 Å². The SMILES string of the molecule is C.O=C(NCC1CCN(C(=O)OCc2ccccc2)CC1)c1ccnc(N2CCCCCC2)c1. The lowest BCUT2D eigenvalue weighted by molar-refractivity contribution is 0.0801. The molecule has 0 unspecified atom stereocenters. The minimum atomic E-state index is -0.265. The Kier molecular flexibility index (Phi) is 9.74. The monoisotopic (exact) mass is 466 g/mol. The molecule has 4 rings (SSSR count). The van der Waals surface area contributed by atoms with Gasteiger partial charge in [-0.3, -0.25) is 4.79 Å². The van der Waals surface area contributed by atoms with Gasteiger partial charge in [0.25, 0.3) is 5.91 Å². The lowest BCUT2D eigenvalue weighted by Gasteiger charge is -2.31. The molecule has 2 aliphatic rings. The molecule has 0 aliphatic carbocycles. The van der Waals surface area contributed by atoms with Gasteiger partial charge in [-0.15, -0.1) is 0 Å². The van der Waals surface area contributed by atoms with E-state index in [1.807, 2.05) is 36.4 Å². The molecule has 2 fully saturated rings. The van der Waals surface area contributed by atoms with Gasteiger partial charge < -0.3 is 19.9 Å². The number of benzene rings is 1. The highest BCUT2D eigenvalue weighted by atomic mass is 16.6. The third-order valence-electron chi connectivity index (χ3n) is 6.57. The van der Waals surface area contributed by atoms with E-state index in [-0.39, 0.29) is 19.4 Å². The highest BCUT2D eigenvalue weighted by molar-refractivity contribution is 5.94. The van der Waals surface area contributed by atoms with Crippen molar-refractivity contribution in [2.24, 2.45) is 5.92 Å². The number of amides is 2. The summed E-state index contributed by atoms with van der Waals surface area (Å²) in [5, 5.41) is 3.08. The normalized spacial score (nSPS) is 16.8. The first kappa shape index (κ1) is 25.5. The lowest BCUT2D eigenvalue weighted by Crippen LogP contribution is -2.41. The van der Waals surface area contributed by atoms with Gasteiger partial charge >= 0.3 is 6.09 Å². The molecule has 1 aromatic heterocycles. The van der Waals surface area contributed by atoms with Crippen LogP contribution in [-0.4, -0.2) is 54.6 Å². The number of aromatic nitrogens is 1. The van der Waals surface area contributed by atoms with E-state index >= 15 is 0 Å². The maximum Gasteiger partial charge on any atom is 0.410 e. The summed E-state index contributed by atoms with van der Waals surface area (Å²) in [4.78, 5) is 33.6. The highest BCUT2D eigenvalue weighted by Gasteiger charge is 2.24. The van der Waals surface area contributed by atoms with Gasteiger partial charge in [-0.2, -0.15) is 0 Å². The zero-order chi connectivity index (χ0) is 22.9. The number of rotatable bonds is 6. The van der Waals surface area contributed by atoms with Crippen LogP contribution in [0.5, 0.6) is 0 Å². The van der Waals surface area contributed by atoms with Crippen molar-refractivity contribution in [1.29, 1.82) is 0 Å². The van der Waals surface area contributed by atoms with E-state index in [2.05, 4.69) is 15.2 Å². The van der Waals surface area contributed by atoms with Gasteiger partial charge in [0.2, 0.25) is 0 Å². The fourth-order valence-corrected chi connectivity index (χ4v) is 4.50. The van der Waals surface area contributed by atoms with E-state index in [0.29, 0.717) is 37.7 Å². The van der Waals surface area contributed by atoms with Crippen molar-refractivity contribution in [1.82, 2.24) is 15.2 Å². The van der Waals surface area contributed by atoms with Gasteiger partial charge in [0.15, 0.2) is 0 Å². The van der Waals surface area contributed by atoms with Crippen LogP contribution >= 0.6 is 0 Å². The minimum Gasteiger partial charge on any atom is -0.445 e. The summed E-state index contributed by atoms with van der Waals surface area (Å²) < 4.78 is 5.44. The second-order valence-corrected chi connectivity index (χ2v) is 8.98. The Balaban J connectivity index is 0.00000324. The molecule has 2 aliphatic heterocycles. The first-order chi connectivity index (χ1) is 16.2. The van der Waals surface area contributed by atoms with Gasteiger partial charge in [-0.05, 0) is 49.3 Å². The summed E-state index contributed by atoms with van der Waals surface area (Å²) in [5.41, 5.74) is 1.64. The molecule has 7 heteroatoms. The fourth-order valence-electron chi connectivity index (χ4n) is 4.50. The standard InChI is InChI=1S/C26H34N4O3.CH4/c31-25(23-10-13-27-24(18-23)29-14-6-1-2-7-15-29)28-19-21-11-16-30(17-12-21)26(32)33-20-22-8-4-3-5-9-22;/h3-5,8-10,13,18,21H,1-2,6-7,11-12,14-17,19-20H2,(H,28,31);1H4. The summed E-state index contributed by atoms with van der Waals surface area (Å²) >= 11 is 0. The molecule has 1 N–H and O–H groups in total. The van der Waals surface area contributed by atoms with Crippen molar-refractivity contribution in [2.45, 2.75) is 52.6 Å². The molecule has 0 radical (unpaired) electrons. The zero-order valence-electron chi connectivity index (χ0n) is 19.2. The topological polar surface area (TPSA) is 74.8 Å². The quantitative estimate of drug-likeness (QED) is 0.657. The van der Waals surface area contributed by atoms with Crippen LogP contribution in [0, 0.1) is 5.92 Å². The Hall–Kier alpha value is -3.09. The molecule has 2 saturated heterocycles. The van der Waals surface area contributed by atoms with Gasteiger partial charge in [0.1, 0.15) is 12.4 Å². The molecule has 2 aromatic rings. The first-order valence-electron chi connectivity index (χ1n) is 12.1. The van der Waals surface area contributed by atoms with Crippen molar-refractivity contribution in [2.75, 3.05) is 37.6 Å². The smallest absolute Gasteiger partial charge is 0.410 e. The average molecular weight is 467 g/mol. The van der Waals surface area contributed by atoms with E-state index in [4.69, 9.17) is 4.74 Å². The predicted octanol–water partition coefficient (Wildman–Crippen LogP) is 4.88. The van der Waals surface area contributed by atoms with Crippen LogP contribution in [0.4, 0.5) is 10.6 Å². The lowest BCUT2D eigenvalue weighted by atomic mass is 9.97. The summed E-state index contributed by atoms with van der Waals surface area (Å²) in [6, 6.07) is 13.4. The van der Waals surface area contributed by atoms with E-state index in [9.17, 15) is 9.59 Å². The Morgan fingerprint density at radius 3 is 2.38 bits per heavy atom. The van der Waals surface area contributed by atoms with Gasteiger partial charge in [0.05, 0.1) is 0 Å². The molecule has 34 heavy (non-hydrogen) atoms. The molecule has 0 saturated carbocycles. The summed E-state index contributed by atoms with van der Waals surface area (Å²) in [6.45, 7) is 4.23. The van der Waals surface area contributed by atoms with Crippen LogP contribution in [0.15, 0.2) is 48.7 Å². The van der Waals surface area contributed by atoms with Crippen LogP contribution in [0.2, 0.25) is 0 Å². The molecular weight excluding hydrogens is 428 g/mol. The Labute approximate surface area is 203 Å². The number of carbonyl (C=O) groups excluding carboxylic acids is 2. The second kappa shape index (κ2) is 13.0. The Morgan fingerprint density at radius 2 is 1.68 bits per heavy atom. The van der Waals surface area contributed by atoms with Crippen molar-refractivity contribution < 1.29 is 14.3 Å². The first-order valence-corrected chi connectivity index (χ1v) is 12.1. The van der Waals surface area contributed by atoms with E-state index in [0.717, 1.165) is 37.3 Å². The number of hydrogen-bond donors (Lipinski definition) is 1. The van der Waals surface area contributed by atoms with E-state index < -0.39 is 0 Å². The molecule has 0 bridgehead atoms. The maximum atomic E-state index is 12.7. The maximum absolute atomic E-state index is 12.7. The minimum absolute atomic E-state index is 0. The van der Waals surface area contributed by atoms with E-state index in [1.54, 1.807) is 17.2 Å². The fraction of sp³-hybridized carbons (Fsp3) is 0.519. The zero-order valence-corrected chi connectivity index (χ0v) is 19.2. The van der Waals surface area contributed by atoms with Crippen LogP contribution in [0.1, 0.15) is 61.9 Å². The predicted molar refractivity (Wildman–Crippen MR) is 135 cm³/mol. The Bertz CT molecular complexity index is 905. The van der Waals surface area contributed by atoms with Gasteiger partial charge in [0, 0.05) is 44.5 Å². The highest BCUT2D eigenvalue weighted by Crippen LogP contribution is 2.20. The van der Waals surface area contributed by atoms with Crippen LogP contribution in [-0.2, 0) is 11.3 Å². The number of piperidine rings is 1. The largest absolute Gasteiger partial charge is 0.445 e. The molecular formula is C27H38N4O3. The van der Waals surface area contributed by atoms with Crippen LogP contribution in [0.3, 0.4) is 0 Å². The average Bonchev–Trinajstić information content (AvgIpc) is 3.17. The summed E-state index contributed by atoms with van der Waals surface area (Å²) in [7, 11) is 0. The molecule has 184 valence electrons. The Morgan fingerprint density at radius 1 is 0.971 bits per heavy atom. The number of carbonyl (C=O) groups is 2. The number of pyridine rings is 1. The summed E-state index contributed by atoms with van der Waals surface area (Å²) in [6.07, 6.45) is 8.06. The molecule has 2 amide bonds. The van der Waals surface area contributed by atoms with Gasteiger partial charge in [-0.1, -0.05) is 50.6 Å². The third-order valence-corrected chi connectivity index (χ3v) is 6.57. The molecule has 0 atom stereocenters. The number of anilines is 1. The number of ether oxygens (including phenoxy) is 1. The third kappa shape index (κ3) is 7.20. The van der Waals surface area contributed by atoms with Crippen molar-refractivity contribution in [3.05, 3.63) is 59.8 Å². The number of nitrogens with zero attached hydrogens (tertiary/aromatic N) is 3.